The zero-order chi connectivity index (χ0) is 23.3. The number of nitrogens with zero attached hydrogens (tertiary/aromatic N) is 1. The van der Waals surface area contributed by atoms with Crippen LogP contribution in [0.2, 0.25) is 5.02 Å². The van der Waals surface area contributed by atoms with Crippen molar-refractivity contribution in [1.29, 1.82) is 0 Å². The molecule has 6 nitrogen and oxygen atoms in total. The number of hydrogen-bond donors (Lipinski definition) is 2. The number of hydrogen-bond acceptors (Lipinski definition) is 5. The molecule has 1 heterocycles. The van der Waals surface area contributed by atoms with Crippen LogP contribution in [0.3, 0.4) is 0 Å². The first-order valence-electron chi connectivity index (χ1n) is 10.4. The van der Waals surface area contributed by atoms with Crippen molar-refractivity contribution in [3.8, 4) is 0 Å². The van der Waals surface area contributed by atoms with Gasteiger partial charge >= 0.3 is 5.97 Å². The largest absolute Gasteiger partial charge is 0.507 e. The maximum Gasteiger partial charge on any atom is 0.338 e. The Morgan fingerprint density at radius 2 is 1.78 bits per heavy atom. The van der Waals surface area contributed by atoms with Crippen molar-refractivity contribution in [1.82, 2.24) is 10.2 Å². The second-order valence-corrected chi connectivity index (χ2v) is 8.44. The second kappa shape index (κ2) is 9.92. The van der Waals surface area contributed by atoms with E-state index in [4.69, 9.17) is 16.3 Å². The van der Waals surface area contributed by atoms with Crippen molar-refractivity contribution in [3.63, 3.8) is 0 Å². The molecule has 3 rings (SSSR count). The molecule has 0 atom stereocenters. The average molecular weight is 455 g/mol. The summed E-state index contributed by atoms with van der Waals surface area (Å²) in [6, 6.07) is 16.6. The van der Waals surface area contributed by atoms with Gasteiger partial charge in [0, 0.05) is 24.1 Å². The van der Waals surface area contributed by atoms with E-state index in [-0.39, 0.29) is 36.0 Å². The summed E-state index contributed by atoms with van der Waals surface area (Å²) >= 11 is 5.94. The number of carbonyl (C=O) groups is 2. The smallest absolute Gasteiger partial charge is 0.338 e. The van der Waals surface area contributed by atoms with Crippen molar-refractivity contribution >= 4 is 23.5 Å². The van der Waals surface area contributed by atoms with Crippen LogP contribution in [0, 0.1) is 0 Å². The van der Waals surface area contributed by atoms with Gasteiger partial charge in [0.15, 0.2) is 0 Å². The third-order valence-corrected chi connectivity index (χ3v) is 5.43. The van der Waals surface area contributed by atoms with E-state index >= 15 is 0 Å². The van der Waals surface area contributed by atoms with Crippen LogP contribution < -0.4 is 5.32 Å². The molecule has 1 aliphatic rings. The molecule has 168 valence electrons. The predicted octanol–water partition coefficient (Wildman–Crippen LogP) is 4.51. The van der Waals surface area contributed by atoms with Crippen LogP contribution in [-0.2, 0) is 27.3 Å². The average Bonchev–Trinajstić information content (AvgIpc) is 2.96. The standard InChI is InChI=1S/C25H27ClN2O4/c1-4-32-24(31)20(14-17-10-12-19(26)13-11-17)22(29)15-21-23(30)28(25(2,3)27-21)16-18-8-6-5-7-9-18/h5-13,15,27,29H,4,14,16H2,1-3H3/b21-15-,22-20-. The van der Waals surface area contributed by atoms with E-state index in [9.17, 15) is 14.7 Å². The van der Waals surface area contributed by atoms with Gasteiger partial charge in [-0.25, -0.2) is 4.79 Å². The lowest BCUT2D eigenvalue weighted by Gasteiger charge is -2.30. The predicted molar refractivity (Wildman–Crippen MR) is 124 cm³/mol. The first-order chi connectivity index (χ1) is 15.2. The lowest BCUT2D eigenvalue weighted by Crippen LogP contribution is -2.46. The highest BCUT2D eigenvalue weighted by Gasteiger charge is 2.41. The molecule has 0 radical (unpaired) electrons. The van der Waals surface area contributed by atoms with Gasteiger partial charge in [0.2, 0.25) is 0 Å². The van der Waals surface area contributed by atoms with Crippen molar-refractivity contribution < 1.29 is 19.4 Å². The summed E-state index contributed by atoms with van der Waals surface area (Å²) in [6.45, 7) is 6.04. The summed E-state index contributed by atoms with van der Waals surface area (Å²) in [5.41, 5.74) is 1.38. The van der Waals surface area contributed by atoms with Gasteiger partial charge in [0.25, 0.3) is 5.91 Å². The molecule has 1 amide bonds. The fraction of sp³-hybridized carbons (Fsp3) is 0.280. The molecular formula is C25H27ClN2O4. The highest BCUT2D eigenvalue weighted by atomic mass is 35.5. The Hall–Kier alpha value is -3.25. The highest BCUT2D eigenvalue weighted by Crippen LogP contribution is 2.27. The molecule has 0 saturated carbocycles. The maximum absolute atomic E-state index is 13.1. The molecule has 1 aliphatic heterocycles. The highest BCUT2D eigenvalue weighted by molar-refractivity contribution is 6.30. The number of benzene rings is 2. The van der Waals surface area contributed by atoms with Gasteiger partial charge in [-0.05, 0) is 44.0 Å². The summed E-state index contributed by atoms with van der Waals surface area (Å²) in [7, 11) is 0. The molecule has 2 aromatic rings. The maximum atomic E-state index is 13.1. The van der Waals surface area contributed by atoms with E-state index in [1.165, 1.54) is 6.08 Å². The Morgan fingerprint density at radius 1 is 1.12 bits per heavy atom. The Balaban J connectivity index is 1.91. The van der Waals surface area contributed by atoms with E-state index in [2.05, 4.69) is 5.32 Å². The number of esters is 1. The number of halogens is 1. The first kappa shape index (κ1) is 23.4. The van der Waals surface area contributed by atoms with Gasteiger partial charge in [0.05, 0.1) is 12.2 Å². The number of amides is 1. The molecule has 0 aliphatic carbocycles. The summed E-state index contributed by atoms with van der Waals surface area (Å²) in [5, 5.41) is 14.5. The lowest BCUT2D eigenvalue weighted by atomic mass is 10.0. The number of aliphatic hydroxyl groups is 1. The molecule has 2 N–H and O–H groups in total. The monoisotopic (exact) mass is 454 g/mol. The van der Waals surface area contributed by atoms with Crippen molar-refractivity contribution in [3.05, 3.63) is 93.9 Å². The Morgan fingerprint density at radius 3 is 2.41 bits per heavy atom. The summed E-state index contributed by atoms with van der Waals surface area (Å²) in [5.74, 6) is -1.21. The molecule has 1 fully saturated rings. The van der Waals surface area contributed by atoms with Crippen LogP contribution in [0.15, 0.2) is 77.7 Å². The molecule has 7 heteroatoms. The zero-order valence-electron chi connectivity index (χ0n) is 18.4. The van der Waals surface area contributed by atoms with Crippen LogP contribution in [0.1, 0.15) is 31.9 Å². The molecule has 0 spiro atoms. The van der Waals surface area contributed by atoms with Gasteiger partial charge in [-0.2, -0.15) is 0 Å². The fourth-order valence-electron chi connectivity index (χ4n) is 3.50. The van der Waals surface area contributed by atoms with E-state index < -0.39 is 11.6 Å². The Labute approximate surface area is 193 Å². The van der Waals surface area contributed by atoms with Crippen LogP contribution in [0.25, 0.3) is 0 Å². The lowest BCUT2D eigenvalue weighted by molar-refractivity contribution is -0.138. The Kier molecular flexibility index (Phi) is 7.26. The second-order valence-electron chi connectivity index (χ2n) is 8.01. The van der Waals surface area contributed by atoms with E-state index in [1.807, 2.05) is 44.2 Å². The molecule has 0 unspecified atom stereocenters. The van der Waals surface area contributed by atoms with Gasteiger partial charge in [-0.1, -0.05) is 54.1 Å². The number of carbonyl (C=O) groups excluding carboxylic acids is 2. The number of aliphatic hydroxyl groups excluding tert-OH is 1. The minimum absolute atomic E-state index is 0.0654. The van der Waals surface area contributed by atoms with Crippen molar-refractivity contribution in [2.45, 2.75) is 39.4 Å². The third kappa shape index (κ3) is 5.51. The SMILES string of the molecule is CCOC(=O)/C(Cc1ccc(Cl)cc1)=C(O)/C=C1\NC(C)(C)N(Cc2ccccc2)C1=O. The van der Waals surface area contributed by atoms with E-state index in [0.717, 1.165) is 11.1 Å². The zero-order valence-corrected chi connectivity index (χ0v) is 19.1. The number of allylic oxidation sites excluding steroid dienone is 1. The number of rotatable bonds is 7. The molecule has 0 bridgehead atoms. The molecular weight excluding hydrogens is 428 g/mol. The summed E-state index contributed by atoms with van der Waals surface area (Å²) < 4.78 is 5.13. The topological polar surface area (TPSA) is 78.9 Å². The number of ether oxygens (including phenoxy) is 1. The summed E-state index contributed by atoms with van der Waals surface area (Å²) in [4.78, 5) is 27.3. The fourth-order valence-corrected chi connectivity index (χ4v) is 3.62. The molecule has 0 aromatic heterocycles. The molecule has 2 aromatic carbocycles. The normalized spacial score (nSPS) is 17.2. The number of nitrogens with one attached hydrogen (secondary N) is 1. The first-order valence-corrected chi connectivity index (χ1v) is 10.8. The quantitative estimate of drug-likeness (QED) is 0.365. The molecule has 32 heavy (non-hydrogen) atoms. The van der Waals surface area contributed by atoms with Gasteiger partial charge < -0.3 is 20.1 Å². The minimum Gasteiger partial charge on any atom is -0.507 e. The van der Waals surface area contributed by atoms with Crippen LogP contribution >= 0.6 is 11.6 Å². The van der Waals surface area contributed by atoms with Crippen molar-refractivity contribution in [2.75, 3.05) is 6.61 Å². The Bertz CT molecular complexity index is 1040. The minimum atomic E-state index is -0.667. The summed E-state index contributed by atoms with van der Waals surface area (Å²) in [6.07, 6.45) is 1.44. The van der Waals surface area contributed by atoms with Gasteiger partial charge in [-0.3, -0.25) is 4.79 Å². The van der Waals surface area contributed by atoms with Crippen LogP contribution in [0.5, 0.6) is 0 Å². The van der Waals surface area contributed by atoms with E-state index in [0.29, 0.717) is 11.6 Å². The van der Waals surface area contributed by atoms with Gasteiger partial charge in [-0.15, -0.1) is 0 Å². The van der Waals surface area contributed by atoms with Gasteiger partial charge in [0.1, 0.15) is 17.1 Å². The van der Waals surface area contributed by atoms with Crippen molar-refractivity contribution in [2.24, 2.45) is 0 Å². The van der Waals surface area contributed by atoms with E-state index in [1.54, 1.807) is 36.1 Å². The van der Waals surface area contributed by atoms with Crippen LogP contribution in [-0.4, -0.2) is 34.2 Å². The third-order valence-electron chi connectivity index (χ3n) is 5.18. The van der Waals surface area contributed by atoms with Crippen LogP contribution in [0.4, 0.5) is 0 Å². The molecule has 1 saturated heterocycles.